The summed E-state index contributed by atoms with van der Waals surface area (Å²) in [5.74, 6) is 0.899. The van der Waals surface area contributed by atoms with Gasteiger partial charge < -0.3 is 14.7 Å². The van der Waals surface area contributed by atoms with Crippen molar-refractivity contribution < 1.29 is 9.84 Å². The molecule has 0 atom stereocenters. The van der Waals surface area contributed by atoms with Gasteiger partial charge in [-0.05, 0) is 60.4 Å². The molecule has 0 radical (unpaired) electrons. The third-order valence-electron chi connectivity index (χ3n) is 5.40. The standard InChI is InChI=1S/C26H26N4O2/c1-16(2)18-6-8-19(9-7-18)30(5)24-11-10-20(14-22(24)17(3)4)32-26-28-23-15-27-13-12-21(23)25(31)29-26/h6-16H,3H2,1-2,4-5H3,(H,28,29,31). The highest BCUT2D eigenvalue weighted by molar-refractivity contribution is 5.82. The Balaban J connectivity index is 1.65. The van der Waals surface area contributed by atoms with E-state index in [1.165, 1.54) is 5.56 Å². The molecule has 0 unspecified atom stereocenters. The van der Waals surface area contributed by atoms with Crippen molar-refractivity contribution in [2.24, 2.45) is 0 Å². The minimum atomic E-state index is -0.145. The number of anilines is 2. The van der Waals surface area contributed by atoms with Gasteiger partial charge in [0.15, 0.2) is 0 Å². The average Bonchev–Trinajstić information content (AvgIpc) is 2.78. The fourth-order valence-electron chi connectivity index (χ4n) is 3.53. The molecule has 0 saturated carbocycles. The smallest absolute Gasteiger partial charge is 0.325 e. The number of nitrogens with zero attached hydrogens (tertiary/aromatic N) is 4. The molecular formula is C26H26N4O2. The summed E-state index contributed by atoms with van der Waals surface area (Å²) in [6.07, 6.45) is 3.14. The monoisotopic (exact) mass is 426 g/mol. The summed E-state index contributed by atoms with van der Waals surface area (Å²) in [4.78, 5) is 14.6. The lowest BCUT2D eigenvalue weighted by molar-refractivity contribution is 0.412. The third-order valence-corrected chi connectivity index (χ3v) is 5.40. The van der Waals surface area contributed by atoms with Gasteiger partial charge in [0.2, 0.25) is 5.88 Å². The number of rotatable bonds is 6. The lowest BCUT2D eigenvalue weighted by atomic mass is 10.0. The Kier molecular flexibility index (Phi) is 5.77. The lowest BCUT2D eigenvalue weighted by Gasteiger charge is -2.24. The first kappa shape index (κ1) is 21.3. The van der Waals surface area contributed by atoms with E-state index in [9.17, 15) is 5.11 Å². The molecule has 0 aliphatic heterocycles. The highest BCUT2D eigenvalue weighted by Gasteiger charge is 2.14. The number of fused-ring (bicyclic) bond motifs is 1. The molecule has 0 aliphatic rings. The van der Waals surface area contributed by atoms with Crippen LogP contribution in [0.2, 0.25) is 0 Å². The molecule has 162 valence electrons. The van der Waals surface area contributed by atoms with Crippen LogP contribution in [0.1, 0.15) is 37.8 Å². The first-order chi connectivity index (χ1) is 15.3. The van der Waals surface area contributed by atoms with Crippen LogP contribution in [0.5, 0.6) is 17.6 Å². The number of aromatic hydroxyl groups is 1. The van der Waals surface area contributed by atoms with Crippen LogP contribution in [0.15, 0.2) is 67.5 Å². The average molecular weight is 427 g/mol. The fraction of sp³-hybridized carbons (Fsp3) is 0.192. The number of hydrogen-bond acceptors (Lipinski definition) is 6. The van der Waals surface area contributed by atoms with Crippen LogP contribution in [0.4, 0.5) is 11.4 Å². The number of benzene rings is 2. The Labute approximate surface area is 187 Å². The van der Waals surface area contributed by atoms with Crippen LogP contribution in [0.3, 0.4) is 0 Å². The maximum Gasteiger partial charge on any atom is 0.325 e. The molecule has 2 aromatic carbocycles. The molecule has 2 aromatic heterocycles. The summed E-state index contributed by atoms with van der Waals surface area (Å²) in [6, 6.07) is 16.0. The number of allylic oxidation sites excluding steroid dienone is 1. The van der Waals surface area contributed by atoms with E-state index in [2.05, 4.69) is 64.5 Å². The van der Waals surface area contributed by atoms with Crippen molar-refractivity contribution in [2.75, 3.05) is 11.9 Å². The van der Waals surface area contributed by atoms with Gasteiger partial charge in [-0.1, -0.05) is 32.6 Å². The summed E-state index contributed by atoms with van der Waals surface area (Å²) >= 11 is 0. The molecule has 2 heterocycles. The molecule has 0 amide bonds. The van der Waals surface area contributed by atoms with Gasteiger partial charge in [-0.2, -0.15) is 9.97 Å². The van der Waals surface area contributed by atoms with Gasteiger partial charge in [0, 0.05) is 30.2 Å². The van der Waals surface area contributed by atoms with Crippen molar-refractivity contribution in [3.63, 3.8) is 0 Å². The number of hydrogen-bond donors (Lipinski definition) is 1. The number of pyridine rings is 1. The van der Waals surface area contributed by atoms with E-state index in [1.54, 1.807) is 18.5 Å². The zero-order chi connectivity index (χ0) is 22.8. The minimum absolute atomic E-state index is 0.0565. The first-order valence-corrected chi connectivity index (χ1v) is 10.5. The minimum Gasteiger partial charge on any atom is -0.493 e. The van der Waals surface area contributed by atoms with E-state index in [-0.39, 0.29) is 11.9 Å². The van der Waals surface area contributed by atoms with Gasteiger partial charge in [0.05, 0.1) is 17.1 Å². The van der Waals surface area contributed by atoms with Crippen LogP contribution in [0.25, 0.3) is 16.5 Å². The van der Waals surface area contributed by atoms with Gasteiger partial charge in [0.1, 0.15) is 5.75 Å². The Morgan fingerprint density at radius 1 is 1.06 bits per heavy atom. The molecule has 0 fully saturated rings. The maximum atomic E-state index is 10.2. The predicted molar refractivity (Wildman–Crippen MR) is 129 cm³/mol. The van der Waals surface area contributed by atoms with Crippen LogP contribution >= 0.6 is 0 Å². The zero-order valence-corrected chi connectivity index (χ0v) is 18.7. The van der Waals surface area contributed by atoms with Gasteiger partial charge >= 0.3 is 6.01 Å². The number of ether oxygens (including phenoxy) is 1. The van der Waals surface area contributed by atoms with Gasteiger partial charge in [-0.3, -0.25) is 4.98 Å². The van der Waals surface area contributed by atoms with Crippen molar-refractivity contribution in [3.8, 4) is 17.6 Å². The van der Waals surface area contributed by atoms with E-state index in [0.717, 1.165) is 22.5 Å². The van der Waals surface area contributed by atoms with Gasteiger partial charge in [0.25, 0.3) is 0 Å². The second kappa shape index (κ2) is 8.67. The molecule has 0 aliphatic carbocycles. The molecule has 0 bridgehead atoms. The van der Waals surface area contributed by atoms with E-state index < -0.39 is 0 Å². The zero-order valence-electron chi connectivity index (χ0n) is 18.7. The topological polar surface area (TPSA) is 71.4 Å². The van der Waals surface area contributed by atoms with E-state index in [0.29, 0.717) is 22.6 Å². The van der Waals surface area contributed by atoms with Crippen molar-refractivity contribution >= 4 is 27.9 Å². The second-order valence-electron chi connectivity index (χ2n) is 8.09. The lowest BCUT2D eigenvalue weighted by Crippen LogP contribution is -2.11. The maximum absolute atomic E-state index is 10.2. The second-order valence-corrected chi connectivity index (χ2v) is 8.09. The van der Waals surface area contributed by atoms with Crippen LogP contribution < -0.4 is 9.64 Å². The van der Waals surface area contributed by atoms with Crippen LogP contribution in [-0.2, 0) is 0 Å². The van der Waals surface area contributed by atoms with E-state index in [4.69, 9.17) is 4.74 Å². The van der Waals surface area contributed by atoms with Crippen molar-refractivity contribution in [3.05, 3.63) is 78.6 Å². The summed E-state index contributed by atoms with van der Waals surface area (Å²) in [5.41, 5.74) is 5.76. The highest BCUT2D eigenvalue weighted by atomic mass is 16.5. The molecule has 32 heavy (non-hydrogen) atoms. The number of aromatic nitrogens is 3. The predicted octanol–water partition coefficient (Wildman–Crippen LogP) is 6.45. The summed E-state index contributed by atoms with van der Waals surface area (Å²) < 4.78 is 5.87. The van der Waals surface area contributed by atoms with Gasteiger partial charge in [-0.15, -0.1) is 0 Å². The SMILES string of the molecule is C=C(C)c1cc(Oc2nc(O)c3ccncc3n2)ccc1N(C)c1ccc(C(C)C)cc1. The van der Waals surface area contributed by atoms with Crippen LogP contribution in [-0.4, -0.2) is 27.1 Å². The summed E-state index contributed by atoms with van der Waals surface area (Å²) in [5, 5.41) is 10.7. The molecule has 6 heteroatoms. The van der Waals surface area contributed by atoms with Crippen LogP contribution in [0, 0.1) is 0 Å². The van der Waals surface area contributed by atoms with Crippen molar-refractivity contribution in [1.82, 2.24) is 15.0 Å². The largest absolute Gasteiger partial charge is 0.493 e. The molecule has 0 spiro atoms. The first-order valence-electron chi connectivity index (χ1n) is 10.5. The van der Waals surface area contributed by atoms with Crippen molar-refractivity contribution in [2.45, 2.75) is 26.7 Å². The molecule has 1 N–H and O–H groups in total. The summed E-state index contributed by atoms with van der Waals surface area (Å²) in [7, 11) is 2.03. The fourth-order valence-corrected chi connectivity index (χ4v) is 3.53. The molecular weight excluding hydrogens is 400 g/mol. The molecule has 0 saturated heterocycles. The van der Waals surface area contributed by atoms with Gasteiger partial charge in [-0.25, -0.2) is 0 Å². The molecule has 6 nitrogen and oxygen atoms in total. The Bertz CT molecular complexity index is 1280. The Morgan fingerprint density at radius 3 is 2.50 bits per heavy atom. The molecule has 4 aromatic rings. The van der Waals surface area contributed by atoms with E-state index in [1.807, 2.05) is 32.2 Å². The Hall–Kier alpha value is -3.93. The van der Waals surface area contributed by atoms with Crippen molar-refractivity contribution in [1.29, 1.82) is 0 Å². The normalized spacial score (nSPS) is 11.0. The Morgan fingerprint density at radius 2 is 1.81 bits per heavy atom. The summed E-state index contributed by atoms with van der Waals surface area (Å²) in [6.45, 7) is 10.5. The quantitative estimate of drug-likeness (QED) is 0.382. The van der Waals surface area contributed by atoms with E-state index >= 15 is 0 Å². The molecule has 4 rings (SSSR count). The highest BCUT2D eigenvalue weighted by Crippen LogP contribution is 2.35. The third kappa shape index (κ3) is 4.25.